The fraction of sp³-hybridized carbons (Fsp3) is 0. The van der Waals surface area contributed by atoms with E-state index in [0.717, 1.165) is 4.57 Å². The molecule has 0 atom stereocenters. The molecule has 3 heteroatoms. The maximum absolute atomic E-state index is 10.6. The first-order valence-electron chi connectivity index (χ1n) is 3.24. The highest BCUT2D eigenvalue weighted by Gasteiger charge is 2.16. The number of hydrogen-bond donors (Lipinski definition) is 0. The first-order valence-corrected chi connectivity index (χ1v) is 3.24. The molecule has 0 amide bonds. The van der Waals surface area contributed by atoms with Gasteiger partial charge in [0.15, 0.2) is 0 Å². The maximum atomic E-state index is 10.6. The average molecular weight is 147 g/mol. The summed E-state index contributed by atoms with van der Waals surface area (Å²) in [6.07, 6.45) is 0. The summed E-state index contributed by atoms with van der Waals surface area (Å²) in [5, 5.41) is 0. The Morgan fingerprint density at radius 2 is 1.45 bits per heavy atom. The zero-order chi connectivity index (χ0) is 7.84. The van der Waals surface area contributed by atoms with Crippen LogP contribution in [0.2, 0.25) is 0 Å². The highest BCUT2D eigenvalue weighted by atomic mass is 16.2. The van der Waals surface area contributed by atoms with Crippen molar-refractivity contribution in [2.75, 3.05) is 0 Å². The van der Waals surface area contributed by atoms with Crippen LogP contribution >= 0.6 is 0 Å². The van der Waals surface area contributed by atoms with Crippen molar-refractivity contribution in [1.82, 2.24) is 4.57 Å². The van der Waals surface area contributed by atoms with Crippen molar-refractivity contribution in [1.29, 1.82) is 0 Å². The van der Waals surface area contributed by atoms with E-state index in [4.69, 9.17) is 0 Å². The number of aromatic nitrogens is 1. The Balaban J connectivity index is 2.57. The van der Waals surface area contributed by atoms with Gasteiger partial charge in [-0.3, -0.25) is 9.59 Å². The van der Waals surface area contributed by atoms with E-state index in [2.05, 4.69) is 0 Å². The molecule has 0 unspecified atom stereocenters. The van der Waals surface area contributed by atoms with Gasteiger partial charge in [-0.1, -0.05) is 18.2 Å². The molecule has 0 saturated carbocycles. The highest BCUT2D eigenvalue weighted by molar-refractivity contribution is 5.33. The maximum Gasteiger partial charge on any atom is 0.324 e. The van der Waals surface area contributed by atoms with Gasteiger partial charge in [-0.15, -0.1) is 0 Å². The molecule has 0 aliphatic heterocycles. The normalized spacial score (nSPS) is 10.5. The van der Waals surface area contributed by atoms with Crippen molar-refractivity contribution in [2.24, 2.45) is 0 Å². The molecule has 0 radical (unpaired) electrons. The monoisotopic (exact) mass is 147 g/mol. The summed E-state index contributed by atoms with van der Waals surface area (Å²) in [4.78, 5) is 21.2. The highest BCUT2D eigenvalue weighted by Crippen LogP contribution is 2.00. The number of para-hydroxylation sites is 1. The topological polar surface area (TPSA) is 39.1 Å². The molecule has 1 aromatic carbocycles. The predicted molar refractivity (Wildman–Crippen MR) is 40.7 cm³/mol. The molecule has 0 aliphatic rings. The van der Waals surface area contributed by atoms with Crippen LogP contribution in [-0.2, 0) is 0 Å². The summed E-state index contributed by atoms with van der Waals surface area (Å²) in [6, 6.07) is 8.86. The molecular weight excluding hydrogens is 142 g/mol. The number of benzene rings is 1. The first kappa shape index (κ1) is 6.09. The number of rotatable bonds is 1. The van der Waals surface area contributed by atoms with E-state index in [1.54, 1.807) is 24.3 Å². The van der Waals surface area contributed by atoms with Crippen molar-refractivity contribution in [3.05, 3.63) is 51.0 Å². The number of nitrogens with zero attached hydrogens (tertiary/aromatic N) is 1. The lowest BCUT2D eigenvalue weighted by Crippen LogP contribution is -1.89. The van der Waals surface area contributed by atoms with Gasteiger partial charge < -0.3 is 0 Å². The summed E-state index contributed by atoms with van der Waals surface area (Å²) in [5.74, 6) is 0. The zero-order valence-electron chi connectivity index (χ0n) is 5.65. The molecule has 2 aromatic rings. The zero-order valence-corrected chi connectivity index (χ0v) is 5.65. The Morgan fingerprint density at radius 1 is 0.909 bits per heavy atom. The first-order chi connectivity index (χ1) is 5.30. The van der Waals surface area contributed by atoms with Gasteiger partial charge >= 0.3 is 11.1 Å². The lowest BCUT2D eigenvalue weighted by Gasteiger charge is -1.88. The molecule has 1 aromatic heterocycles. The van der Waals surface area contributed by atoms with Gasteiger partial charge in [0.2, 0.25) is 0 Å². The van der Waals surface area contributed by atoms with E-state index in [0.29, 0.717) is 5.69 Å². The lowest BCUT2D eigenvalue weighted by atomic mass is 10.3. The van der Waals surface area contributed by atoms with Crippen LogP contribution in [0.15, 0.2) is 39.9 Å². The van der Waals surface area contributed by atoms with Crippen molar-refractivity contribution >= 4 is 0 Å². The van der Waals surface area contributed by atoms with Crippen LogP contribution in [0.3, 0.4) is 0 Å². The fourth-order valence-corrected chi connectivity index (χ4v) is 0.946. The Hall–Kier alpha value is -1.64. The minimum absolute atomic E-state index is 0.420. The summed E-state index contributed by atoms with van der Waals surface area (Å²) in [6.45, 7) is 0. The SMILES string of the molecule is O=c1c(=O)n1-c1ccccc1. The largest absolute Gasteiger partial charge is 0.324 e. The molecule has 2 rings (SSSR count). The van der Waals surface area contributed by atoms with E-state index >= 15 is 0 Å². The standard InChI is InChI=1S/C8H5NO2/c10-7-8(11)9(7)6-4-2-1-3-5-6/h1-5H. The second-order valence-electron chi connectivity index (χ2n) is 2.28. The Kier molecular flexibility index (Phi) is 1.06. The van der Waals surface area contributed by atoms with Crippen LogP contribution < -0.4 is 11.1 Å². The van der Waals surface area contributed by atoms with Gasteiger partial charge in [-0.2, -0.15) is 0 Å². The molecular formula is C8H5NO2. The molecule has 54 valence electrons. The molecule has 3 nitrogen and oxygen atoms in total. The van der Waals surface area contributed by atoms with Crippen LogP contribution in [0.1, 0.15) is 0 Å². The van der Waals surface area contributed by atoms with Crippen LogP contribution in [0.25, 0.3) is 5.69 Å². The van der Waals surface area contributed by atoms with Gasteiger partial charge in [0.25, 0.3) is 0 Å². The summed E-state index contributed by atoms with van der Waals surface area (Å²) >= 11 is 0. The third-order valence-electron chi connectivity index (χ3n) is 1.55. The second-order valence-corrected chi connectivity index (χ2v) is 2.28. The molecule has 0 aliphatic carbocycles. The molecule has 0 fully saturated rings. The van der Waals surface area contributed by atoms with Crippen LogP contribution in [-0.4, -0.2) is 4.57 Å². The summed E-state index contributed by atoms with van der Waals surface area (Å²) < 4.78 is 1.14. The van der Waals surface area contributed by atoms with Crippen LogP contribution in [0.5, 0.6) is 0 Å². The third-order valence-corrected chi connectivity index (χ3v) is 1.55. The van der Waals surface area contributed by atoms with Crippen molar-refractivity contribution in [2.45, 2.75) is 0 Å². The molecule has 11 heavy (non-hydrogen) atoms. The van der Waals surface area contributed by atoms with Gasteiger partial charge in [-0.25, -0.2) is 4.57 Å². The van der Waals surface area contributed by atoms with Gasteiger partial charge in [0.1, 0.15) is 0 Å². The summed E-state index contributed by atoms with van der Waals surface area (Å²) in [7, 11) is 0. The van der Waals surface area contributed by atoms with E-state index in [9.17, 15) is 9.59 Å². The van der Waals surface area contributed by atoms with Crippen LogP contribution in [0, 0.1) is 0 Å². The van der Waals surface area contributed by atoms with Crippen molar-refractivity contribution in [3.8, 4) is 5.69 Å². The fourth-order valence-electron chi connectivity index (χ4n) is 0.946. The smallest absolute Gasteiger partial charge is 0.262 e. The average Bonchev–Trinajstić information content (AvgIpc) is 2.62. The third kappa shape index (κ3) is 0.816. The van der Waals surface area contributed by atoms with E-state index in [-0.39, 0.29) is 0 Å². The molecule has 0 spiro atoms. The van der Waals surface area contributed by atoms with Gasteiger partial charge in [0, 0.05) is 0 Å². The lowest BCUT2D eigenvalue weighted by molar-refractivity contribution is 1.17. The molecule has 0 bridgehead atoms. The van der Waals surface area contributed by atoms with E-state index in [1.165, 1.54) is 0 Å². The van der Waals surface area contributed by atoms with E-state index < -0.39 is 11.1 Å². The Bertz CT molecular complexity index is 409. The van der Waals surface area contributed by atoms with Crippen LogP contribution in [0.4, 0.5) is 0 Å². The van der Waals surface area contributed by atoms with E-state index in [1.807, 2.05) is 6.07 Å². The minimum Gasteiger partial charge on any atom is -0.262 e. The Morgan fingerprint density at radius 3 is 1.91 bits per heavy atom. The van der Waals surface area contributed by atoms with Crippen molar-refractivity contribution in [3.63, 3.8) is 0 Å². The van der Waals surface area contributed by atoms with Gasteiger partial charge in [0.05, 0.1) is 5.69 Å². The van der Waals surface area contributed by atoms with Gasteiger partial charge in [-0.05, 0) is 12.1 Å². The Labute approximate surface area is 62.2 Å². The number of hydrogen-bond acceptors (Lipinski definition) is 2. The molecule has 0 saturated heterocycles. The summed E-state index contributed by atoms with van der Waals surface area (Å²) in [5.41, 5.74) is -0.185. The minimum atomic E-state index is -0.420. The second kappa shape index (κ2) is 1.92. The molecule has 1 heterocycles. The quantitative estimate of drug-likeness (QED) is 0.535. The molecule has 0 N–H and O–H groups in total. The predicted octanol–water partition coefficient (Wildman–Crippen LogP) is 0.0733. The van der Waals surface area contributed by atoms with Crippen molar-refractivity contribution < 1.29 is 0 Å².